The van der Waals surface area contributed by atoms with Crippen LogP contribution < -0.4 is 5.32 Å². The first kappa shape index (κ1) is 8.27. The molecule has 62 valence electrons. The maximum atomic E-state index is 5.11. The largest absolute Gasteiger partial charge is 0.361 e. The Labute approximate surface area is 66.8 Å². The summed E-state index contributed by atoms with van der Waals surface area (Å²) in [6.07, 6.45) is 0.920. The predicted molar refractivity (Wildman–Crippen MR) is 43.6 cm³/mol. The van der Waals surface area contributed by atoms with Gasteiger partial charge in [0, 0.05) is 18.5 Å². The SMILES string of the molecule is CNCCc1onc(C)c1C. The number of rotatable bonds is 3. The average Bonchev–Trinajstić information content (AvgIpc) is 2.31. The molecule has 0 amide bonds. The molecule has 11 heavy (non-hydrogen) atoms. The highest BCUT2D eigenvalue weighted by Gasteiger charge is 2.06. The zero-order chi connectivity index (χ0) is 8.27. The number of aromatic nitrogens is 1. The average molecular weight is 154 g/mol. The molecule has 1 N–H and O–H groups in total. The molecule has 0 bridgehead atoms. The van der Waals surface area contributed by atoms with E-state index >= 15 is 0 Å². The van der Waals surface area contributed by atoms with Crippen LogP contribution in [0.4, 0.5) is 0 Å². The third-order valence-electron chi connectivity index (χ3n) is 1.86. The van der Waals surface area contributed by atoms with Crippen LogP contribution in [0, 0.1) is 13.8 Å². The summed E-state index contributed by atoms with van der Waals surface area (Å²) < 4.78 is 5.11. The van der Waals surface area contributed by atoms with E-state index < -0.39 is 0 Å². The quantitative estimate of drug-likeness (QED) is 0.707. The van der Waals surface area contributed by atoms with Gasteiger partial charge in [-0.3, -0.25) is 0 Å². The summed E-state index contributed by atoms with van der Waals surface area (Å²) in [7, 11) is 1.93. The van der Waals surface area contributed by atoms with E-state index in [4.69, 9.17) is 4.52 Å². The Morgan fingerprint density at radius 1 is 1.45 bits per heavy atom. The maximum absolute atomic E-state index is 5.11. The molecule has 0 saturated carbocycles. The third-order valence-corrected chi connectivity index (χ3v) is 1.86. The molecule has 0 aliphatic rings. The second kappa shape index (κ2) is 3.53. The van der Waals surface area contributed by atoms with Gasteiger partial charge in [0.25, 0.3) is 0 Å². The summed E-state index contributed by atoms with van der Waals surface area (Å²) >= 11 is 0. The first-order valence-corrected chi connectivity index (χ1v) is 3.82. The van der Waals surface area contributed by atoms with E-state index in [2.05, 4.69) is 10.5 Å². The molecule has 0 spiro atoms. The summed E-state index contributed by atoms with van der Waals surface area (Å²) in [4.78, 5) is 0. The number of nitrogens with one attached hydrogen (secondary N) is 1. The van der Waals surface area contributed by atoms with Gasteiger partial charge in [-0.15, -0.1) is 0 Å². The molecule has 3 nitrogen and oxygen atoms in total. The van der Waals surface area contributed by atoms with Crippen molar-refractivity contribution in [2.75, 3.05) is 13.6 Å². The second-order valence-electron chi connectivity index (χ2n) is 2.67. The molecule has 1 aromatic heterocycles. The molecular weight excluding hydrogens is 140 g/mol. The van der Waals surface area contributed by atoms with Crippen LogP contribution in [0.2, 0.25) is 0 Å². The van der Waals surface area contributed by atoms with Crippen molar-refractivity contribution in [3.8, 4) is 0 Å². The molecule has 0 saturated heterocycles. The van der Waals surface area contributed by atoms with Crippen LogP contribution in [-0.2, 0) is 6.42 Å². The highest BCUT2D eigenvalue weighted by molar-refractivity contribution is 5.19. The molecule has 3 heteroatoms. The highest BCUT2D eigenvalue weighted by atomic mass is 16.5. The predicted octanol–water partition coefficient (Wildman–Crippen LogP) is 1.05. The van der Waals surface area contributed by atoms with Crippen LogP contribution in [0.1, 0.15) is 17.0 Å². The first-order valence-electron chi connectivity index (χ1n) is 3.82. The van der Waals surface area contributed by atoms with Gasteiger partial charge < -0.3 is 9.84 Å². The van der Waals surface area contributed by atoms with Crippen molar-refractivity contribution in [2.45, 2.75) is 20.3 Å². The van der Waals surface area contributed by atoms with Crippen LogP contribution in [0.3, 0.4) is 0 Å². The van der Waals surface area contributed by atoms with E-state index in [9.17, 15) is 0 Å². The Bertz CT molecular complexity index is 230. The Balaban J connectivity index is 2.63. The summed E-state index contributed by atoms with van der Waals surface area (Å²) in [5.74, 6) is 0.997. The molecule has 0 aromatic carbocycles. The standard InChI is InChI=1S/C8H14N2O/c1-6-7(2)10-11-8(6)4-5-9-3/h9H,4-5H2,1-3H3. The summed E-state index contributed by atoms with van der Waals surface area (Å²) in [6, 6.07) is 0. The molecule has 0 aliphatic carbocycles. The zero-order valence-corrected chi connectivity index (χ0v) is 7.27. The van der Waals surface area contributed by atoms with Gasteiger partial charge in [0.05, 0.1) is 5.69 Å². The Morgan fingerprint density at radius 3 is 2.64 bits per heavy atom. The fraction of sp³-hybridized carbons (Fsp3) is 0.625. The van der Waals surface area contributed by atoms with Crippen molar-refractivity contribution >= 4 is 0 Å². The molecule has 1 aromatic rings. The van der Waals surface area contributed by atoms with E-state index in [-0.39, 0.29) is 0 Å². The monoisotopic (exact) mass is 154 g/mol. The molecular formula is C8H14N2O. The Kier molecular flexibility index (Phi) is 2.65. The molecule has 1 rings (SSSR count). The van der Waals surface area contributed by atoms with Gasteiger partial charge in [-0.2, -0.15) is 0 Å². The highest BCUT2D eigenvalue weighted by Crippen LogP contribution is 2.11. The molecule has 1 heterocycles. The zero-order valence-electron chi connectivity index (χ0n) is 7.27. The lowest BCUT2D eigenvalue weighted by molar-refractivity contribution is 0.377. The second-order valence-corrected chi connectivity index (χ2v) is 2.67. The Hall–Kier alpha value is -0.830. The molecule has 0 fully saturated rings. The lowest BCUT2D eigenvalue weighted by atomic mass is 10.2. The lowest BCUT2D eigenvalue weighted by Gasteiger charge is -1.94. The van der Waals surface area contributed by atoms with E-state index in [0.29, 0.717) is 0 Å². The molecule has 0 unspecified atom stereocenters. The van der Waals surface area contributed by atoms with Crippen LogP contribution in [0.25, 0.3) is 0 Å². The van der Waals surface area contributed by atoms with Crippen molar-refractivity contribution in [2.24, 2.45) is 0 Å². The Morgan fingerprint density at radius 2 is 2.18 bits per heavy atom. The normalized spacial score (nSPS) is 10.5. The van der Waals surface area contributed by atoms with Crippen LogP contribution in [0.15, 0.2) is 4.52 Å². The molecule has 0 atom stereocenters. The van der Waals surface area contributed by atoms with Crippen molar-refractivity contribution in [3.63, 3.8) is 0 Å². The summed E-state index contributed by atoms with van der Waals surface area (Å²) in [5, 5.41) is 6.93. The van der Waals surface area contributed by atoms with Gasteiger partial charge in [-0.05, 0) is 20.9 Å². The van der Waals surface area contributed by atoms with E-state index in [1.54, 1.807) is 0 Å². The fourth-order valence-electron chi connectivity index (χ4n) is 0.934. The summed E-state index contributed by atoms with van der Waals surface area (Å²) in [5.41, 5.74) is 2.18. The van der Waals surface area contributed by atoms with Crippen LogP contribution in [-0.4, -0.2) is 18.7 Å². The van der Waals surface area contributed by atoms with E-state index in [1.165, 1.54) is 5.56 Å². The van der Waals surface area contributed by atoms with E-state index in [0.717, 1.165) is 24.4 Å². The number of nitrogens with zero attached hydrogens (tertiary/aromatic N) is 1. The third kappa shape index (κ3) is 1.80. The van der Waals surface area contributed by atoms with Gasteiger partial charge >= 0.3 is 0 Å². The lowest BCUT2D eigenvalue weighted by Crippen LogP contribution is -2.10. The number of hydrogen-bond donors (Lipinski definition) is 1. The fourth-order valence-corrected chi connectivity index (χ4v) is 0.934. The van der Waals surface area contributed by atoms with Gasteiger partial charge in [-0.1, -0.05) is 5.16 Å². The molecule has 0 aliphatic heterocycles. The summed E-state index contributed by atoms with van der Waals surface area (Å²) in [6.45, 7) is 4.94. The number of aryl methyl sites for hydroxylation is 1. The van der Waals surface area contributed by atoms with Crippen molar-refractivity contribution in [1.82, 2.24) is 10.5 Å². The van der Waals surface area contributed by atoms with Gasteiger partial charge in [0.1, 0.15) is 5.76 Å². The first-order chi connectivity index (χ1) is 5.25. The van der Waals surface area contributed by atoms with E-state index in [1.807, 2.05) is 20.9 Å². The minimum Gasteiger partial charge on any atom is -0.361 e. The van der Waals surface area contributed by atoms with Gasteiger partial charge in [0.2, 0.25) is 0 Å². The van der Waals surface area contributed by atoms with Crippen LogP contribution >= 0.6 is 0 Å². The van der Waals surface area contributed by atoms with Gasteiger partial charge in [-0.25, -0.2) is 0 Å². The minimum absolute atomic E-state index is 0.920. The minimum atomic E-state index is 0.920. The van der Waals surface area contributed by atoms with Crippen molar-refractivity contribution in [3.05, 3.63) is 17.0 Å². The topological polar surface area (TPSA) is 38.1 Å². The maximum Gasteiger partial charge on any atom is 0.141 e. The van der Waals surface area contributed by atoms with Crippen LogP contribution in [0.5, 0.6) is 0 Å². The smallest absolute Gasteiger partial charge is 0.141 e. The number of likely N-dealkylation sites (N-methyl/N-ethyl adjacent to an activating group) is 1. The molecule has 0 radical (unpaired) electrons. The van der Waals surface area contributed by atoms with Gasteiger partial charge in [0.15, 0.2) is 0 Å². The van der Waals surface area contributed by atoms with Crippen molar-refractivity contribution in [1.29, 1.82) is 0 Å². The van der Waals surface area contributed by atoms with Crippen molar-refractivity contribution < 1.29 is 4.52 Å². The number of hydrogen-bond acceptors (Lipinski definition) is 3.